The molecule has 1 aromatic carbocycles. The SMILES string of the molecule is CCCCCCCCCCCCCCCCCCCOP(O)OCC1(C#N)CCC(c2ccc3c(N)ncnn23)O1.N#Cc1cc(F)cc(CO)c1. The van der Waals surface area contributed by atoms with Gasteiger partial charge >= 0.3 is 8.60 Å². The minimum Gasteiger partial charge on any atom is -0.392 e. The van der Waals surface area contributed by atoms with Gasteiger partial charge in [0.15, 0.2) is 11.4 Å². The van der Waals surface area contributed by atoms with Crippen molar-refractivity contribution < 1.29 is 28.2 Å². The van der Waals surface area contributed by atoms with E-state index in [-0.39, 0.29) is 24.9 Å². The van der Waals surface area contributed by atoms with E-state index in [1.54, 1.807) is 10.6 Å². The molecule has 3 aromatic rings. The van der Waals surface area contributed by atoms with Gasteiger partial charge in [-0.15, -0.1) is 0 Å². The third-order valence-electron chi connectivity index (χ3n) is 9.35. The number of aliphatic hydroxyl groups excluding tert-OH is 1. The molecule has 0 spiro atoms. The molecule has 0 amide bonds. The van der Waals surface area contributed by atoms with Crippen molar-refractivity contribution in [3.63, 3.8) is 0 Å². The van der Waals surface area contributed by atoms with Crippen LogP contribution in [0, 0.1) is 28.5 Å². The number of nitrogen functional groups attached to an aromatic ring is 1. The standard InChI is InChI=1S/C31H52N5O4P.C8H6FNO/c1-2-3-4-5-6-7-8-9-10-11-12-13-14-15-16-17-18-23-38-41(37)39-25-31(24-32)22-21-29(40-31)27-19-20-28-30(33)34-26-35-36(27)28;9-8-2-6(4-10)1-7(3-8)5-11/h19-20,26,29,37H,2-18,21-23,25H2,1H3,(H2,33,34,35);1-3,11H,5H2. The number of aromatic nitrogens is 3. The Morgan fingerprint density at radius 1 is 0.942 bits per heavy atom. The van der Waals surface area contributed by atoms with Gasteiger partial charge in [0.05, 0.1) is 37.1 Å². The fraction of sp³-hybridized carbons (Fsp3) is 0.641. The Bertz CT molecular complexity index is 1530. The number of halogens is 1. The molecule has 0 radical (unpaired) electrons. The third kappa shape index (κ3) is 15.4. The first kappa shape index (κ1) is 43.2. The Morgan fingerprint density at radius 2 is 1.56 bits per heavy atom. The molecule has 13 heteroatoms. The summed E-state index contributed by atoms with van der Waals surface area (Å²) in [4.78, 5) is 14.2. The smallest absolute Gasteiger partial charge is 0.329 e. The average molecular weight is 741 g/mol. The summed E-state index contributed by atoms with van der Waals surface area (Å²) in [5.74, 6) is -0.102. The van der Waals surface area contributed by atoms with Crippen LogP contribution in [-0.4, -0.2) is 43.4 Å². The number of nitrogens with zero attached hydrogens (tertiary/aromatic N) is 5. The number of fused-ring (bicyclic) bond motifs is 1. The van der Waals surface area contributed by atoms with Gasteiger partial charge in [-0.25, -0.2) is 13.9 Å². The Hall–Kier alpha value is -3.22. The topological polar surface area (TPSA) is 172 Å². The molecule has 0 saturated carbocycles. The summed E-state index contributed by atoms with van der Waals surface area (Å²) in [5, 5.41) is 31.1. The summed E-state index contributed by atoms with van der Waals surface area (Å²) >= 11 is 0. The van der Waals surface area contributed by atoms with Gasteiger partial charge in [-0.2, -0.15) is 15.6 Å². The molecule has 1 saturated heterocycles. The second kappa shape index (κ2) is 24.9. The Labute approximate surface area is 310 Å². The lowest BCUT2D eigenvalue weighted by Gasteiger charge is -2.22. The molecule has 4 rings (SSSR count). The van der Waals surface area contributed by atoms with E-state index in [1.165, 1.54) is 115 Å². The van der Waals surface area contributed by atoms with Gasteiger partial charge in [0.25, 0.3) is 0 Å². The van der Waals surface area contributed by atoms with Gasteiger partial charge in [-0.05, 0) is 55.2 Å². The van der Waals surface area contributed by atoms with Crippen LogP contribution >= 0.6 is 8.60 Å². The zero-order valence-corrected chi connectivity index (χ0v) is 31.7. The van der Waals surface area contributed by atoms with Crippen molar-refractivity contribution in [3.05, 3.63) is 59.3 Å². The summed E-state index contributed by atoms with van der Waals surface area (Å²) in [6, 6.07) is 11.5. The van der Waals surface area contributed by atoms with Crippen molar-refractivity contribution in [2.24, 2.45) is 0 Å². The summed E-state index contributed by atoms with van der Waals surface area (Å²) in [7, 11) is -2.04. The summed E-state index contributed by atoms with van der Waals surface area (Å²) in [6.45, 7) is 2.45. The Balaban J connectivity index is 0.000000564. The molecule has 0 aliphatic carbocycles. The van der Waals surface area contributed by atoms with Crippen LogP contribution in [0.1, 0.15) is 152 Å². The highest BCUT2D eigenvalue weighted by Crippen LogP contribution is 2.43. The summed E-state index contributed by atoms with van der Waals surface area (Å²) in [6.07, 6.45) is 24.7. The minimum atomic E-state index is -2.04. The maximum atomic E-state index is 12.5. The second-order valence-electron chi connectivity index (χ2n) is 13.6. The van der Waals surface area contributed by atoms with E-state index in [1.807, 2.05) is 12.1 Å². The summed E-state index contributed by atoms with van der Waals surface area (Å²) < 4.78 is 31.4. The molecule has 11 nitrogen and oxygen atoms in total. The Kier molecular flexibility index (Phi) is 20.7. The monoisotopic (exact) mass is 740 g/mol. The molecule has 2 aromatic heterocycles. The lowest BCUT2D eigenvalue weighted by Crippen LogP contribution is -2.31. The zero-order chi connectivity index (χ0) is 37.4. The molecular formula is C39H58FN6O5P. The van der Waals surface area contributed by atoms with Gasteiger partial charge in [0, 0.05) is 0 Å². The molecule has 1 aliphatic rings. The van der Waals surface area contributed by atoms with E-state index in [0.29, 0.717) is 36.3 Å². The number of hydrogen-bond donors (Lipinski definition) is 3. The largest absolute Gasteiger partial charge is 0.392 e. The quantitative estimate of drug-likeness (QED) is 0.0593. The van der Waals surface area contributed by atoms with Crippen molar-refractivity contribution in [2.75, 3.05) is 18.9 Å². The number of rotatable bonds is 24. The van der Waals surface area contributed by atoms with Crippen LogP contribution < -0.4 is 5.73 Å². The van der Waals surface area contributed by atoms with E-state index in [2.05, 4.69) is 23.1 Å². The lowest BCUT2D eigenvalue weighted by atomic mass is 10.0. The molecule has 1 aliphatic heterocycles. The van der Waals surface area contributed by atoms with E-state index in [9.17, 15) is 14.5 Å². The molecule has 3 heterocycles. The van der Waals surface area contributed by atoms with Crippen LogP contribution in [0.3, 0.4) is 0 Å². The summed E-state index contributed by atoms with van der Waals surface area (Å²) in [5.41, 5.74) is 6.96. The highest BCUT2D eigenvalue weighted by Gasteiger charge is 2.43. The first-order chi connectivity index (χ1) is 25.3. The number of anilines is 1. The highest BCUT2D eigenvalue weighted by atomic mass is 31.2. The third-order valence-corrected chi connectivity index (χ3v) is 10.1. The van der Waals surface area contributed by atoms with Gasteiger partial charge in [-0.1, -0.05) is 110 Å². The Morgan fingerprint density at radius 3 is 2.13 bits per heavy atom. The lowest BCUT2D eigenvalue weighted by molar-refractivity contribution is -0.0358. The molecule has 1 fully saturated rings. The van der Waals surface area contributed by atoms with Crippen molar-refractivity contribution in [1.82, 2.24) is 14.6 Å². The van der Waals surface area contributed by atoms with Gasteiger partial charge in [0.1, 0.15) is 29.8 Å². The van der Waals surface area contributed by atoms with Crippen LogP contribution in [0.2, 0.25) is 0 Å². The van der Waals surface area contributed by atoms with Crippen LogP contribution in [-0.2, 0) is 20.4 Å². The van der Waals surface area contributed by atoms with E-state index >= 15 is 0 Å². The van der Waals surface area contributed by atoms with Gasteiger partial charge in [0.2, 0.25) is 0 Å². The second-order valence-corrected chi connectivity index (χ2v) is 14.6. The predicted octanol–water partition coefficient (Wildman–Crippen LogP) is 9.52. The first-order valence-electron chi connectivity index (χ1n) is 19.1. The highest BCUT2D eigenvalue weighted by molar-refractivity contribution is 7.40. The van der Waals surface area contributed by atoms with Crippen LogP contribution in [0.15, 0.2) is 36.7 Å². The maximum absolute atomic E-state index is 12.5. The number of benzene rings is 1. The van der Waals surface area contributed by atoms with Crippen LogP contribution in [0.25, 0.3) is 5.52 Å². The minimum absolute atomic E-state index is 0.0400. The van der Waals surface area contributed by atoms with Crippen molar-refractivity contribution in [2.45, 2.75) is 147 Å². The molecular weight excluding hydrogens is 682 g/mol. The number of nitriles is 2. The van der Waals surface area contributed by atoms with Crippen molar-refractivity contribution in [3.8, 4) is 12.1 Å². The molecule has 52 heavy (non-hydrogen) atoms. The average Bonchev–Trinajstić information content (AvgIpc) is 3.79. The van der Waals surface area contributed by atoms with Crippen LogP contribution in [0.4, 0.5) is 10.2 Å². The molecule has 3 unspecified atom stereocenters. The first-order valence-corrected chi connectivity index (χ1v) is 20.2. The van der Waals surface area contributed by atoms with Gasteiger partial charge < -0.3 is 29.5 Å². The van der Waals surface area contributed by atoms with E-state index in [0.717, 1.165) is 24.6 Å². The number of nitrogens with two attached hydrogens (primary N) is 1. The number of ether oxygens (including phenoxy) is 1. The fourth-order valence-electron chi connectivity index (χ4n) is 6.37. The molecule has 4 N–H and O–H groups in total. The normalized spacial score (nSPS) is 17.4. The maximum Gasteiger partial charge on any atom is 0.329 e. The predicted molar refractivity (Wildman–Crippen MR) is 201 cm³/mol. The molecule has 0 bridgehead atoms. The molecule has 286 valence electrons. The van der Waals surface area contributed by atoms with Crippen molar-refractivity contribution in [1.29, 1.82) is 10.5 Å². The van der Waals surface area contributed by atoms with Crippen molar-refractivity contribution >= 4 is 19.9 Å². The molecule has 3 atom stereocenters. The van der Waals surface area contributed by atoms with Crippen LogP contribution in [0.5, 0.6) is 0 Å². The van der Waals surface area contributed by atoms with Gasteiger partial charge in [-0.3, -0.25) is 0 Å². The zero-order valence-electron chi connectivity index (χ0n) is 30.9. The number of aliphatic hydroxyl groups is 1. The number of hydrogen-bond acceptors (Lipinski definition) is 10. The fourth-order valence-corrected chi connectivity index (χ4v) is 7.05. The van der Waals surface area contributed by atoms with E-state index in [4.69, 9.17) is 29.9 Å². The van der Waals surface area contributed by atoms with E-state index < -0.39 is 20.0 Å². The number of unbranched alkanes of at least 4 members (excludes halogenated alkanes) is 16.